The van der Waals surface area contributed by atoms with Crippen LogP contribution in [-0.4, -0.2) is 13.7 Å². The van der Waals surface area contributed by atoms with Gasteiger partial charge in [-0.05, 0) is 29.3 Å². The number of hydrogen-bond acceptors (Lipinski definition) is 2. The van der Waals surface area contributed by atoms with Gasteiger partial charge in [0.05, 0.1) is 17.2 Å². The molecule has 112 valence electrons. The zero-order valence-electron chi connectivity index (χ0n) is 11.5. The van der Waals surface area contributed by atoms with Gasteiger partial charge >= 0.3 is 0 Å². The molecule has 1 aliphatic rings. The molecule has 0 aliphatic carbocycles. The molecule has 0 bridgehead atoms. The first-order valence-corrected chi connectivity index (χ1v) is 7.27. The van der Waals surface area contributed by atoms with Crippen molar-refractivity contribution in [1.82, 2.24) is 5.32 Å². The van der Waals surface area contributed by atoms with Gasteiger partial charge in [0.1, 0.15) is 5.75 Å². The summed E-state index contributed by atoms with van der Waals surface area (Å²) in [5, 5.41) is 4.62. The molecule has 2 nitrogen and oxygen atoms in total. The second-order valence-electron chi connectivity index (χ2n) is 4.89. The van der Waals surface area contributed by atoms with Crippen LogP contribution < -0.4 is 10.1 Å². The highest BCUT2D eigenvalue weighted by atomic mass is 35.5. The van der Waals surface area contributed by atoms with E-state index in [-0.39, 0.29) is 18.3 Å². The summed E-state index contributed by atoms with van der Waals surface area (Å²) in [7, 11) is 1.71. The van der Waals surface area contributed by atoms with E-state index in [1.54, 1.807) is 7.11 Å². The van der Waals surface area contributed by atoms with E-state index in [0.29, 0.717) is 10.0 Å². The molecule has 2 aromatic carbocycles. The maximum atomic E-state index is 6.15. The lowest BCUT2D eigenvalue weighted by Crippen LogP contribution is -2.29. The molecule has 2 aromatic rings. The van der Waals surface area contributed by atoms with Crippen LogP contribution in [0.4, 0.5) is 0 Å². The van der Waals surface area contributed by atoms with E-state index in [4.69, 9.17) is 27.9 Å². The van der Waals surface area contributed by atoms with Crippen LogP contribution in [0.1, 0.15) is 22.6 Å². The molecule has 1 heterocycles. The summed E-state index contributed by atoms with van der Waals surface area (Å²) in [6.45, 7) is 1.73. The van der Waals surface area contributed by atoms with Crippen molar-refractivity contribution in [2.75, 3.05) is 13.7 Å². The zero-order valence-corrected chi connectivity index (χ0v) is 13.9. The number of nitrogens with one attached hydrogen (secondary N) is 1. The van der Waals surface area contributed by atoms with E-state index < -0.39 is 0 Å². The molecule has 0 saturated carbocycles. The molecule has 0 amide bonds. The molecule has 3 rings (SSSR count). The van der Waals surface area contributed by atoms with Crippen molar-refractivity contribution in [2.45, 2.75) is 12.5 Å². The quantitative estimate of drug-likeness (QED) is 0.855. The number of benzene rings is 2. The summed E-state index contributed by atoms with van der Waals surface area (Å²) < 4.78 is 5.53. The van der Waals surface area contributed by atoms with Gasteiger partial charge in [0.25, 0.3) is 0 Å². The number of ether oxygens (including phenoxy) is 1. The van der Waals surface area contributed by atoms with Crippen molar-refractivity contribution in [3.05, 3.63) is 63.1 Å². The molecule has 0 fully saturated rings. The lowest BCUT2D eigenvalue weighted by molar-refractivity contribution is 0.402. The maximum absolute atomic E-state index is 6.15. The van der Waals surface area contributed by atoms with Crippen molar-refractivity contribution in [1.29, 1.82) is 0 Å². The highest BCUT2D eigenvalue weighted by Gasteiger charge is 2.25. The third kappa shape index (κ3) is 3.14. The summed E-state index contributed by atoms with van der Waals surface area (Å²) in [5.74, 6) is 1.16. The molecule has 0 aromatic heterocycles. The molecular formula is C16H16Cl3NO. The van der Waals surface area contributed by atoms with Crippen molar-refractivity contribution in [3.8, 4) is 5.75 Å². The van der Waals surface area contributed by atoms with Crippen LogP contribution in [-0.2, 0) is 6.54 Å². The van der Waals surface area contributed by atoms with Gasteiger partial charge in [0.15, 0.2) is 0 Å². The Morgan fingerprint density at radius 3 is 2.67 bits per heavy atom. The Balaban J connectivity index is 0.00000161. The monoisotopic (exact) mass is 343 g/mol. The first kappa shape index (κ1) is 16.4. The summed E-state index contributed by atoms with van der Waals surface area (Å²) in [6, 6.07) is 12.0. The van der Waals surface area contributed by atoms with Crippen LogP contribution in [0.5, 0.6) is 5.75 Å². The first-order valence-electron chi connectivity index (χ1n) is 6.52. The summed E-state index contributed by atoms with van der Waals surface area (Å²) in [4.78, 5) is 0. The van der Waals surface area contributed by atoms with Gasteiger partial charge < -0.3 is 10.1 Å². The second-order valence-corrected chi connectivity index (χ2v) is 5.70. The van der Waals surface area contributed by atoms with E-state index in [1.165, 1.54) is 11.1 Å². The van der Waals surface area contributed by atoms with E-state index in [2.05, 4.69) is 11.4 Å². The molecule has 1 atom stereocenters. The van der Waals surface area contributed by atoms with Gasteiger partial charge in [0, 0.05) is 24.6 Å². The Morgan fingerprint density at radius 2 is 1.95 bits per heavy atom. The summed E-state index contributed by atoms with van der Waals surface area (Å²) >= 11 is 12.2. The van der Waals surface area contributed by atoms with Crippen molar-refractivity contribution < 1.29 is 4.74 Å². The van der Waals surface area contributed by atoms with Crippen LogP contribution in [0, 0.1) is 0 Å². The fraction of sp³-hybridized carbons (Fsp3) is 0.250. The van der Waals surface area contributed by atoms with E-state index in [1.807, 2.05) is 30.3 Å². The van der Waals surface area contributed by atoms with Gasteiger partial charge in [-0.25, -0.2) is 0 Å². The fourth-order valence-electron chi connectivity index (χ4n) is 2.78. The standard InChI is InChI=1S/C16H15Cl2NO.ClH/c1-20-15-4-2-3-11-8-19-9-12(16(11)15)10-5-6-13(17)14(18)7-10;/h2-7,12,19H,8-9H2,1H3;1H. The molecule has 21 heavy (non-hydrogen) atoms. The number of halogens is 3. The minimum atomic E-state index is 0. The van der Waals surface area contributed by atoms with Crippen LogP contribution in [0.3, 0.4) is 0 Å². The number of fused-ring (bicyclic) bond motifs is 1. The molecular weight excluding hydrogens is 329 g/mol. The van der Waals surface area contributed by atoms with Gasteiger partial charge in [-0.1, -0.05) is 41.4 Å². The average Bonchev–Trinajstić information content (AvgIpc) is 2.49. The van der Waals surface area contributed by atoms with Crippen LogP contribution in [0.15, 0.2) is 36.4 Å². The molecule has 1 N–H and O–H groups in total. The Labute approximate surface area is 140 Å². The highest BCUT2D eigenvalue weighted by molar-refractivity contribution is 6.42. The number of methoxy groups -OCH3 is 1. The Kier molecular flexibility index (Phi) is 5.39. The van der Waals surface area contributed by atoms with Gasteiger partial charge in [-0.15, -0.1) is 12.4 Å². The van der Waals surface area contributed by atoms with Crippen LogP contribution >= 0.6 is 35.6 Å². The zero-order chi connectivity index (χ0) is 14.1. The Bertz CT molecular complexity index is 631. The lowest BCUT2D eigenvalue weighted by atomic mass is 9.85. The molecule has 1 unspecified atom stereocenters. The molecule has 0 saturated heterocycles. The Hall–Kier alpha value is -0.930. The predicted octanol–water partition coefficient (Wildman–Crippen LogP) is 4.66. The maximum Gasteiger partial charge on any atom is 0.123 e. The SMILES string of the molecule is COc1cccc2c1C(c1ccc(Cl)c(Cl)c1)CNC2.Cl. The van der Waals surface area contributed by atoms with E-state index in [9.17, 15) is 0 Å². The van der Waals surface area contributed by atoms with Gasteiger partial charge in [0.2, 0.25) is 0 Å². The minimum Gasteiger partial charge on any atom is -0.496 e. The number of hydrogen-bond donors (Lipinski definition) is 1. The van der Waals surface area contributed by atoms with Gasteiger partial charge in [-0.2, -0.15) is 0 Å². The largest absolute Gasteiger partial charge is 0.496 e. The minimum absolute atomic E-state index is 0. The molecule has 0 radical (unpaired) electrons. The third-order valence-electron chi connectivity index (χ3n) is 3.73. The molecule has 1 aliphatic heterocycles. The second kappa shape index (κ2) is 6.89. The van der Waals surface area contributed by atoms with E-state index in [0.717, 1.165) is 24.4 Å². The summed E-state index contributed by atoms with van der Waals surface area (Å²) in [5.41, 5.74) is 3.66. The van der Waals surface area contributed by atoms with Crippen LogP contribution in [0.25, 0.3) is 0 Å². The fourth-order valence-corrected chi connectivity index (χ4v) is 3.09. The van der Waals surface area contributed by atoms with Crippen LogP contribution in [0.2, 0.25) is 10.0 Å². The molecule has 5 heteroatoms. The Morgan fingerprint density at radius 1 is 1.14 bits per heavy atom. The summed E-state index contributed by atoms with van der Waals surface area (Å²) in [6.07, 6.45) is 0. The normalized spacial score (nSPS) is 16.8. The third-order valence-corrected chi connectivity index (χ3v) is 4.47. The number of rotatable bonds is 2. The lowest BCUT2D eigenvalue weighted by Gasteiger charge is -2.28. The predicted molar refractivity (Wildman–Crippen MR) is 90.3 cm³/mol. The average molecular weight is 345 g/mol. The van der Waals surface area contributed by atoms with Gasteiger partial charge in [-0.3, -0.25) is 0 Å². The first-order chi connectivity index (χ1) is 9.70. The smallest absolute Gasteiger partial charge is 0.123 e. The van der Waals surface area contributed by atoms with Crippen molar-refractivity contribution >= 4 is 35.6 Å². The van der Waals surface area contributed by atoms with Crippen molar-refractivity contribution in [2.24, 2.45) is 0 Å². The van der Waals surface area contributed by atoms with E-state index >= 15 is 0 Å². The highest BCUT2D eigenvalue weighted by Crippen LogP contribution is 2.38. The van der Waals surface area contributed by atoms with Crippen molar-refractivity contribution in [3.63, 3.8) is 0 Å². The topological polar surface area (TPSA) is 21.3 Å². The molecule has 0 spiro atoms.